The minimum atomic E-state index is -1.20. The molecule has 138 valence electrons. The van der Waals surface area contributed by atoms with E-state index in [9.17, 15) is 29.4 Å². The van der Waals surface area contributed by atoms with Crippen LogP contribution in [0, 0.1) is 0 Å². The zero-order chi connectivity index (χ0) is 20.3. The lowest BCUT2D eigenvalue weighted by Crippen LogP contribution is -2.02. The topological polar surface area (TPSA) is 109 Å². The summed E-state index contributed by atoms with van der Waals surface area (Å²) < 4.78 is 0. The van der Waals surface area contributed by atoms with Crippen LogP contribution in [0.15, 0.2) is 60.7 Å². The maximum atomic E-state index is 11.4. The molecule has 0 amide bonds. The van der Waals surface area contributed by atoms with Crippen molar-refractivity contribution in [3.05, 3.63) is 82.9 Å². The third-order valence-electron chi connectivity index (χ3n) is 4.35. The fraction of sp³-hybridized carbons (Fsp3) is 0. The molecule has 0 aromatic heterocycles. The maximum absolute atomic E-state index is 11.4. The van der Waals surface area contributed by atoms with Crippen LogP contribution in [0.4, 0.5) is 0 Å². The molecule has 0 atom stereocenters. The first-order valence-corrected chi connectivity index (χ1v) is 8.20. The quantitative estimate of drug-likeness (QED) is 0.630. The number of aromatic carboxylic acids is 2. The van der Waals surface area contributed by atoms with Gasteiger partial charge in [-0.1, -0.05) is 42.5 Å². The fourth-order valence-electron chi connectivity index (χ4n) is 2.93. The van der Waals surface area contributed by atoms with Gasteiger partial charge < -0.3 is 10.2 Å². The van der Waals surface area contributed by atoms with Crippen LogP contribution in [0.1, 0.15) is 41.4 Å². The fourth-order valence-corrected chi connectivity index (χ4v) is 2.93. The predicted molar refractivity (Wildman–Crippen MR) is 102 cm³/mol. The highest BCUT2D eigenvalue weighted by Crippen LogP contribution is 2.29. The van der Waals surface area contributed by atoms with Gasteiger partial charge in [0.2, 0.25) is 0 Å². The van der Waals surface area contributed by atoms with E-state index in [1.807, 2.05) is 0 Å². The molecule has 0 radical (unpaired) electrons. The highest BCUT2D eigenvalue weighted by atomic mass is 16.4. The number of aldehydes is 2. The first kappa shape index (κ1) is 18.7. The van der Waals surface area contributed by atoms with Crippen LogP contribution in [-0.2, 0) is 0 Å². The normalized spacial score (nSPS) is 10.3. The molecule has 3 aromatic rings. The van der Waals surface area contributed by atoms with Crippen molar-refractivity contribution < 1.29 is 29.4 Å². The van der Waals surface area contributed by atoms with Crippen LogP contribution < -0.4 is 0 Å². The molecule has 6 nitrogen and oxygen atoms in total. The zero-order valence-electron chi connectivity index (χ0n) is 14.5. The number of hydrogen-bond donors (Lipinski definition) is 2. The van der Waals surface area contributed by atoms with Gasteiger partial charge in [-0.3, -0.25) is 9.59 Å². The second kappa shape index (κ2) is 7.67. The van der Waals surface area contributed by atoms with E-state index in [2.05, 4.69) is 0 Å². The van der Waals surface area contributed by atoms with Crippen LogP contribution >= 0.6 is 0 Å². The van der Waals surface area contributed by atoms with E-state index in [4.69, 9.17) is 0 Å². The minimum absolute atomic E-state index is 0.0861. The second-order valence-electron chi connectivity index (χ2n) is 6.03. The van der Waals surface area contributed by atoms with Crippen LogP contribution in [0.3, 0.4) is 0 Å². The molecule has 0 bridgehead atoms. The van der Waals surface area contributed by atoms with E-state index in [1.54, 1.807) is 36.4 Å². The summed E-state index contributed by atoms with van der Waals surface area (Å²) >= 11 is 0. The van der Waals surface area contributed by atoms with Gasteiger partial charge in [0, 0.05) is 11.1 Å². The molecular weight excluding hydrogens is 360 g/mol. The van der Waals surface area contributed by atoms with Gasteiger partial charge >= 0.3 is 11.9 Å². The molecule has 0 unspecified atom stereocenters. The highest BCUT2D eigenvalue weighted by molar-refractivity contribution is 5.99. The zero-order valence-corrected chi connectivity index (χ0v) is 14.5. The van der Waals surface area contributed by atoms with Gasteiger partial charge in [0.05, 0.1) is 11.1 Å². The molecule has 28 heavy (non-hydrogen) atoms. The van der Waals surface area contributed by atoms with Gasteiger partial charge in [0.25, 0.3) is 0 Å². The van der Waals surface area contributed by atoms with Gasteiger partial charge in [-0.15, -0.1) is 0 Å². The largest absolute Gasteiger partial charge is 0.478 e. The summed E-state index contributed by atoms with van der Waals surface area (Å²) in [7, 11) is 0. The van der Waals surface area contributed by atoms with Crippen molar-refractivity contribution in [2.24, 2.45) is 0 Å². The minimum Gasteiger partial charge on any atom is -0.478 e. The van der Waals surface area contributed by atoms with E-state index >= 15 is 0 Å². The molecule has 0 spiro atoms. The molecule has 0 fully saturated rings. The van der Waals surface area contributed by atoms with Crippen LogP contribution in [0.25, 0.3) is 22.3 Å². The number of carbonyl (C=O) groups excluding carboxylic acids is 2. The number of carbonyl (C=O) groups is 4. The monoisotopic (exact) mass is 374 g/mol. The molecule has 0 saturated heterocycles. The molecule has 0 saturated carbocycles. The summed E-state index contributed by atoms with van der Waals surface area (Å²) in [6, 6.07) is 16.1. The maximum Gasteiger partial charge on any atom is 0.336 e. The van der Waals surface area contributed by atoms with Crippen molar-refractivity contribution >= 4 is 24.5 Å². The Morgan fingerprint density at radius 2 is 1.00 bits per heavy atom. The highest BCUT2D eigenvalue weighted by Gasteiger charge is 2.13. The lowest BCUT2D eigenvalue weighted by atomic mass is 9.95. The smallest absolute Gasteiger partial charge is 0.336 e. The van der Waals surface area contributed by atoms with Crippen LogP contribution in [-0.4, -0.2) is 34.7 Å². The summed E-state index contributed by atoms with van der Waals surface area (Å²) in [5.41, 5.74) is 2.59. The Kier molecular flexibility index (Phi) is 5.13. The Hall–Kier alpha value is -4.06. The molecule has 3 rings (SSSR count). The van der Waals surface area contributed by atoms with E-state index in [1.165, 1.54) is 24.3 Å². The summed E-state index contributed by atoms with van der Waals surface area (Å²) in [6.07, 6.45) is 0.983. The molecule has 6 heteroatoms. The molecular formula is C22H14O6. The van der Waals surface area contributed by atoms with Gasteiger partial charge in [-0.05, 0) is 40.5 Å². The molecule has 0 aliphatic heterocycles. The lowest BCUT2D eigenvalue weighted by Gasteiger charge is -2.09. The Bertz CT molecular complexity index is 1030. The third-order valence-corrected chi connectivity index (χ3v) is 4.35. The van der Waals surface area contributed by atoms with Gasteiger partial charge in [0.1, 0.15) is 0 Å². The Morgan fingerprint density at radius 3 is 1.36 bits per heavy atom. The van der Waals surface area contributed by atoms with E-state index in [0.29, 0.717) is 34.8 Å². The number of carboxylic acids is 2. The van der Waals surface area contributed by atoms with Gasteiger partial charge in [-0.2, -0.15) is 0 Å². The first-order valence-electron chi connectivity index (χ1n) is 8.20. The molecule has 3 aromatic carbocycles. The van der Waals surface area contributed by atoms with Crippen LogP contribution in [0.2, 0.25) is 0 Å². The van der Waals surface area contributed by atoms with Crippen molar-refractivity contribution in [1.29, 1.82) is 0 Å². The van der Waals surface area contributed by atoms with Crippen molar-refractivity contribution in [2.45, 2.75) is 0 Å². The van der Waals surface area contributed by atoms with Crippen LogP contribution in [0.5, 0.6) is 0 Å². The first-order chi connectivity index (χ1) is 13.4. The standard InChI is InChI=1S/C22H14O6/c23-11-17-6-4-15(9-19(17)21(25)26)13-2-1-3-14(8-13)16-5-7-18(12-24)20(10-16)22(27)28/h1-12H,(H,25,26)(H,27,28). The van der Waals surface area contributed by atoms with Crippen molar-refractivity contribution in [3.63, 3.8) is 0 Å². The molecule has 0 aliphatic carbocycles. The summed E-state index contributed by atoms with van der Waals surface area (Å²) in [4.78, 5) is 44.8. The van der Waals surface area contributed by atoms with Gasteiger partial charge in [0.15, 0.2) is 12.6 Å². The molecule has 0 heterocycles. The average Bonchev–Trinajstić information content (AvgIpc) is 2.72. The Labute approximate surface area is 159 Å². The number of carboxylic acid groups (broad SMARTS) is 2. The van der Waals surface area contributed by atoms with Crippen molar-refractivity contribution in [1.82, 2.24) is 0 Å². The molecule has 2 N–H and O–H groups in total. The van der Waals surface area contributed by atoms with Crippen molar-refractivity contribution in [3.8, 4) is 22.3 Å². The second-order valence-corrected chi connectivity index (χ2v) is 6.03. The van der Waals surface area contributed by atoms with Crippen molar-refractivity contribution in [2.75, 3.05) is 0 Å². The summed E-state index contributed by atoms with van der Waals surface area (Å²) in [6.45, 7) is 0. The Morgan fingerprint density at radius 1 is 0.607 bits per heavy atom. The average molecular weight is 374 g/mol. The third kappa shape index (κ3) is 3.57. The predicted octanol–water partition coefficient (Wildman–Crippen LogP) is 4.04. The summed E-state index contributed by atoms with van der Waals surface area (Å²) in [5, 5.41) is 18.6. The van der Waals surface area contributed by atoms with E-state index in [0.717, 1.165) is 0 Å². The van der Waals surface area contributed by atoms with Gasteiger partial charge in [-0.25, -0.2) is 9.59 Å². The summed E-state index contributed by atoms with van der Waals surface area (Å²) in [5.74, 6) is -2.40. The Balaban J connectivity index is 2.09. The number of rotatable bonds is 6. The SMILES string of the molecule is O=Cc1ccc(-c2cccc(-c3ccc(C=O)c(C(=O)O)c3)c2)cc1C(=O)O. The molecule has 0 aliphatic rings. The van der Waals surface area contributed by atoms with E-state index in [-0.39, 0.29) is 22.3 Å². The lowest BCUT2D eigenvalue weighted by molar-refractivity contribution is 0.0684. The van der Waals surface area contributed by atoms with E-state index < -0.39 is 11.9 Å². The number of hydrogen-bond acceptors (Lipinski definition) is 4. The number of benzene rings is 3.